The SMILES string of the molecule is COc1ccc2sc(N(CC3CCCO3)C(=O)C3CCCN3S(=O)(=O)c3ccc(Cl)s3)nc2c1. The number of anilines is 1. The molecule has 2 saturated heterocycles. The molecule has 2 unspecified atom stereocenters. The Morgan fingerprint density at radius 1 is 1.26 bits per heavy atom. The summed E-state index contributed by atoms with van der Waals surface area (Å²) in [5.41, 5.74) is 0.730. The fourth-order valence-electron chi connectivity index (χ4n) is 4.40. The van der Waals surface area contributed by atoms with Crippen molar-refractivity contribution in [3.63, 3.8) is 0 Å². The Morgan fingerprint density at radius 2 is 2.12 bits per heavy atom. The van der Waals surface area contributed by atoms with Crippen LogP contribution in [0.3, 0.4) is 0 Å². The number of halogens is 1. The van der Waals surface area contributed by atoms with Crippen LogP contribution < -0.4 is 9.64 Å². The first-order valence-corrected chi connectivity index (χ1v) is 14.5. The van der Waals surface area contributed by atoms with E-state index in [2.05, 4.69) is 0 Å². The Hall–Kier alpha value is -1.76. The van der Waals surface area contributed by atoms with Crippen LogP contribution in [-0.2, 0) is 19.6 Å². The van der Waals surface area contributed by atoms with Gasteiger partial charge in [-0.05, 0) is 49.9 Å². The van der Waals surface area contributed by atoms with E-state index in [0.29, 0.717) is 47.8 Å². The normalized spacial score (nSPS) is 21.4. The lowest BCUT2D eigenvalue weighted by atomic mass is 10.2. The van der Waals surface area contributed by atoms with Gasteiger partial charge in [-0.2, -0.15) is 4.31 Å². The van der Waals surface area contributed by atoms with Gasteiger partial charge in [0.1, 0.15) is 16.0 Å². The lowest BCUT2D eigenvalue weighted by molar-refractivity contribution is -0.122. The number of ether oxygens (including phenoxy) is 2. The molecule has 0 radical (unpaired) electrons. The summed E-state index contributed by atoms with van der Waals surface area (Å²) < 4.78 is 40.6. The van der Waals surface area contributed by atoms with E-state index >= 15 is 0 Å². The minimum absolute atomic E-state index is 0.104. The first-order valence-electron chi connectivity index (χ1n) is 11.0. The van der Waals surface area contributed by atoms with Crippen LogP contribution in [0.5, 0.6) is 5.75 Å². The van der Waals surface area contributed by atoms with Crippen molar-refractivity contribution in [3.05, 3.63) is 34.7 Å². The van der Waals surface area contributed by atoms with Gasteiger partial charge in [-0.1, -0.05) is 22.9 Å². The molecule has 0 bridgehead atoms. The summed E-state index contributed by atoms with van der Waals surface area (Å²) in [6.07, 6.45) is 2.75. The van der Waals surface area contributed by atoms with Gasteiger partial charge in [-0.15, -0.1) is 11.3 Å². The number of thiazole rings is 1. The highest BCUT2D eigenvalue weighted by atomic mass is 35.5. The molecule has 0 spiro atoms. The second-order valence-electron chi connectivity index (χ2n) is 8.25. The Labute approximate surface area is 211 Å². The summed E-state index contributed by atoms with van der Waals surface area (Å²) in [6.45, 7) is 1.29. The van der Waals surface area contributed by atoms with Gasteiger partial charge >= 0.3 is 0 Å². The minimum atomic E-state index is -3.83. The standard InChI is InChI=1S/C22H24ClN3O5S3/c1-30-14-6-7-18-16(12-14)24-22(32-18)25(13-15-4-3-11-31-15)21(27)17-5-2-10-26(17)34(28,29)20-9-8-19(23)33-20/h6-9,12,15,17H,2-5,10-11,13H2,1H3. The maximum Gasteiger partial charge on any atom is 0.253 e. The fraction of sp³-hybridized carbons (Fsp3) is 0.455. The van der Waals surface area contributed by atoms with Crippen molar-refractivity contribution < 1.29 is 22.7 Å². The molecular weight excluding hydrogens is 518 g/mol. The number of aromatic nitrogens is 1. The number of hydrogen-bond acceptors (Lipinski definition) is 8. The number of rotatable bonds is 7. The van der Waals surface area contributed by atoms with E-state index in [1.54, 1.807) is 18.1 Å². The predicted molar refractivity (Wildman–Crippen MR) is 134 cm³/mol. The van der Waals surface area contributed by atoms with Gasteiger partial charge in [0.2, 0.25) is 5.91 Å². The number of thiophene rings is 1. The van der Waals surface area contributed by atoms with Crippen LogP contribution >= 0.6 is 34.3 Å². The number of methoxy groups -OCH3 is 1. The zero-order valence-corrected chi connectivity index (χ0v) is 21.7. The number of amides is 1. The molecule has 2 aromatic heterocycles. The number of benzene rings is 1. The van der Waals surface area contributed by atoms with Crippen molar-refractivity contribution in [1.29, 1.82) is 0 Å². The molecule has 0 saturated carbocycles. The lowest BCUT2D eigenvalue weighted by Crippen LogP contribution is -2.49. The monoisotopic (exact) mass is 541 g/mol. The molecular formula is C22H24ClN3O5S3. The molecule has 2 aliphatic heterocycles. The van der Waals surface area contributed by atoms with Gasteiger partial charge < -0.3 is 9.47 Å². The van der Waals surface area contributed by atoms with Crippen LogP contribution in [0.1, 0.15) is 25.7 Å². The van der Waals surface area contributed by atoms with Gasteiger partial charge in [0.25, 0.3) is 10.0 Å². The summed E-state index contributed by atoms with van der Waals surface area (Å²) in [5, 5.41) is 0.534. The lowest BCUT2D eigenvalue weighted by Gasteiger charge is -2.29. The number of fused-ring (bicyclic) bond motifs is 1. The maximum atomic E-state index is 13.9. The Balaban J connectivity index is 1.48. The number of carbonyl (C=O) groups excluding carboxylic acids is 1. The van der Waals surface area contributed by atoms with E-state index in [9.17, 15) is 13.2 Å². The highest BCUT2D eigenvalue weighted by molar-refractivity contribution is 7.91. The molecule has 2 atom stereocenters. The Kier molecular flexibility index (Phi) is 6.84. The van der Waals surface area contributed by atoms with Crippen LogP contribution in [0.25, 0.3) is 10.2 Å². The summed E-state index contributed by atoms with van der Waals surface area (Å²) in [7, 11) is -2.24. The second-order valence-corrected chi connectivity index (χ2v) is 13.1. The van der Waals surface area contributed by atoms with Crippen LogP contribution in [0.4, 0.5) is 5.13 Å². The van der Waals surface area contributed by atoms with Crippen molar-refractivity contribution in [2.24, 2.45) is 0 Å². The number of carbonyl (C=O) groups is 1. The molecule has 8 nitrogen and oxygen atoms in total. The summed E-state index contributed by atoms with van der Waals surface area (Å²) >= 11 is 8.39. The van der Waals surface area contributed by atoms with Gasteiger partial charge in [0, 0.05) is 19.2 Å². The average Bonchev–Trinajstić information content (AvgIpc) is 3.62. The third kappa shape index (κ3) is 4.57. The van der Waals surface area contributed by atoms with Gasteiger partial charge in [0.15, 0.2) is 5.13 Å². The van der Waals surface area contributed by atoms with Crippen LogP contribution in [0.2, 0.25) is 4.34 Å². The molecule has 182 valence electrons. The zero-order valence-electron chi connectivity index (χ0n) is 18.5. The molecule has 2 fully saturated rings. The molecule has 34 heavy (non-hydrogen) atoms. The van der Waals surface area contributed by atoms with E-state index in [4.69, 9.17) is 26.1 Å². The number of hydrogen-bond donors (Lipinski definition) is 0. The first-order chi connectivity index (χ1) is 16.4. The summed E-state index contributed by atoms with van der Waals surface area (Å²) in [6, 6.07) is 7.86. The van der Waals surface area contributed by atoms with Crippen molar-refractivity contribution in [2.75, 3.05) is 31.7 Å². The molecule has 3 aromatic rings. The largest absolute Gasteiger partial charge is 0.497 e. The van der Waals surface area contributed by atoms with E-state index in [-0.39, 0.29) is 16.2 Å². The smallest absolute Gasteiger partial charge is 0.253 e. The number of sulfonamides is 1. The van der Waals surface area contributed by atoms with Gasteiger partial charge in [-0.25, -0.2) is 13.4 Å². The zero-order chi connectivity index (χ0) is 23.9. The summed E-state index contributed by atoms with van der Waals surface area (Å²) in [5.74, 6) is 0.411. The van der Waals surface area contributed by atoms with Crippen molar-refractivity contribution in [2.45, 2.75) is 42.0 Å². The second kappa shape index (κ2) is 9.71. The highest BCUT2D eigenvalue weighted by Gasteiger charge is 2.43. The third-order valence-corrected chi connectivity index (χ3v) is 10.8. The maximum absolute atomic E-state index is 13.9. The first kappa shape index (κ1) is 24.0. The predicted octanol–water partition coefficient (Wildman–Crippen LogP) is 4.39. The van der Waals surface area contributed by atoms with E-state index < -0.39 is 16.1 Å². The van der Waals surface area contributed by atoms with Crippen LogP contribution in [0.15, 0.2) is 34.5 Å². The van der Waals surface area contributed by atoms with Crippen LogP contribution in [-0.4, -0.2) is 62.6 Å². The third-order valence-electron chi connectivity index (χ3n) is 6.09. The molecule has 4 heterocycles. The quantitative estimate of drug-likeness (QED) is 0.441. The van der Waals surface area contributed by atoms with Gasteiger partial charge in [0.05, 0.1) is 34.3 Å². The van der Waals surface area contributed by atoms with Crippen molar-refractivity contribution >= 4 is 65.6 Å². The average molecular weight is 542 g/mol. The number of nitrogens with zero attached hydrogens (tertiary/aromatic N) is 3. The molecule has 12 heteroatoms. The van der Waals surface area contributed by atoms with Crippen molar-refractivity contribution in [1.82, 2.24) is 9.29 Å². The summed E-state index contributed by atoms with van der Waals surface area (Å²) in [4.78, 5) is 20.2. The molecule has 2 aliphatic rings. The van der Waals surface area contributed by atoms with E-state index in [1.165, 1.54) is 21.7 Å². The van der Waals surface area contributed by atoms with E-state index in [0.717, 1.165) is 34.4 Å². The fourth-order valence-corrected chi connectivity index (χ4v) is 8.62. The molecule has 5 rings (SSSR count). The molecule has 0 N–H and O–H groups in total. The van der Waals surface area contributed by atoms with E-state index in [1.807, 2.05) is 18.2 Å². The molecule has 0 aliphatic carbocycles. The molecule has 1 aromatic carbocycles. The highest BCUT2D eigenvalue weighted by Crippen LogP contribution is 2.36. The van der Waals surface area contributed by atoms with Crippen molar-refractivity contribution in [3.8, 4) is 5.75 Å². The molecule has 1 amide bonds. The van der Waals surface area contributed by atoms with Crippen LogP contribution in [0, 0.1) is 0 Å². The Bertz CT molecular complexity index is 1300. The topological polar surface area (TPSA) is 89.0 Å². The Morgan fingerprint density at radius 3 is 2.82 bits per heavy atom. The minimum Gasteiger partial charge on any atom is -0.497 e. The van der Waals surface area contributed by atoms with Gasteiger partial charge in [-0.3, -0.25) is 9.69 Å².